The fraction of sp³-hybridized carbons (Fsp3) is 0.304. The molecule has 1 aromatic heterocycles. The molecule has 9 heteroatoms. The van der Waals surface area contributed by atoms with Gasteiger partial charge in [-0.15, -0.1) is 0 Å². The summed E-state index contributed by atoms with van der Waals surface area (Å²) in [6, 6.07) is 9.65. The molecule has 3 heterocycles. The number of benzene rings is 2. The average Bonchev–Trinajstić information content (AvgIpc) is 3.13. The van der Waals surface area contributed by atoms with Crippen LogP contribution in [0.15, 0.2) is 41.2 Å². The summed E-state index contributed by atoms with van der Waals surface area (Å²) in [4.78, 5) is 42.1. The van der Waals surface area contributed by atoms with Gasteiger partial charge in [-0.2, -0.15) is 0 Å². The molecule has 2 aromatic carbocycles. The number of ether oxygens (including phenoxy) is 3. The van der Waals surface area contributed by atoms with Crippen molar-refractivity contribution in [2.24, 2.45) is 0 Å². The van der Waals surface area contributed by atoms with Crippen LogP contribution in [0.1, 0.15) is 35.4 Å². The molecule has 2 aliphatic heterocycles. The number of fused-ring (bicyclic) bond motifs is 3. The van der Waals surface area contributed by atoms with E-state index in [0.717, 1.165) is 31.5 Å². The molecule has 0 spiro atoms. The van der Waals surface area contributed by atoms with Crippen LogP contribution in [0, 0.1) is 0 Å². The summed E-state index contributed by atoms with van der Waals surface area (Å²) in [5.41, 5.74) is 1.11. The van der Waals surface area contributed by atoms with Gasteiger partial charge in [-0.3, -0.25) is 14.2 Å². The standard InChI is InChI=1S/C23H21N3O6/c27-21(24-15-6-8-18-19(11-15)32-13-31-18)12-30-23(29)14-5-7-16-17(10-14)25-20-4-2-1-3-9-26(20)22(16)28/h5-8,10-11H,1-4,9,12-13H2,(H,24,27). The third-order valence-corrected chi connectivity index (χ3v) is 5.54. The molecule has 9 nitrogen and oxygen atoms in total. The molecule has 1 amide bonds. The van der Waals surface area contributed by atoms with Crippen LogP contribution in [-0.2, 0) is 22.5 Å². The highest BCUT2D eigenvalue weighted by Crippen LogP contribution is 2.34. The molecular formula is C23H21N3O6. The molecular weight excluding hydrogens is 414 g/mol. The van der Waals surface area contributed by atoms with Crippen LogP contribution < -0.4 is 20.3 Å². The van der Waals surface area contributed by atoms with Crippen LogP contribution in [-0.4, -0.2) is 34.8 Å². The maximum absolute atomic E-state index is 12.8. The highest BCUT2D eigenvalue weighted by atomic mass is 16.7. The molecule has 0 radical (unpaired) electrons. The third-order valence-electron chi connectivity index (χ3n) is 5.54. The molecule has 0 saturated heterocycles. The Balaban J connectivity index is 1.27. The van der Waals surface area contributed by atoms with E-state index in [0.29, 0.717) is 34.6 Å². The summed E-state index contributed by atoms with van der Waals surface area (Å²) in [6.07, 6.45) is 3.74. The van der Waals surface area contributed by atoms with Gasteiger partial charge in [-0.05, 0) is 43.2 Å². The van der Waals surface area contributed by atoms with Gasteiger partial charge in [0.1, 0.15) is 5.82 Å². The van der Waals surface area contributed by atoms with Crippen molar-refractivity contribution in [3.8, 4) is 11.5 Å². The van der Waals surface area contributed by atoms with Gasteiger partial charge in [0.05, 0.1) is 16.5 Å². The van der Waals surface area contributed by atoms with E-state index in [1.165, 1.54) is 6.07 Å². The van der Waals surface area contributed by atoms with Crippen molar-refractivity contribution >= 4 is 28.5 Å². The third kappa shape index (κ3) is 3.89. The lowest BCUT2D eigenvalue weighted by Gasteiger charge is -2.11. The highest BCUT2D eigenvalue weighted by molar-refractivity contribution is 5.97. The maximum atomic E-state index is 12.8. The van der Waals surface area contributed by atoms with Gasteiger partial charge in [0.15, 0.2) is 18.1 Å². The van der Waals surface area contributed by atoms with Crippen molar-refractivity contribution in [2.75, 3.05) is 18.7 Å². The predicted molar refractivity (Wildman–Crippen MR) is 115 cm³/mol. The van der Waals surface area contributed by atoms with Crippen molar-refractivity contribution in [2.45, 2.75) is 32.2 Å². The predicted octanol–water partition coefficient (Wildman–Crippen LogP) is 2.65. The molecule has 0 atom stereocenters. The van der Waals surface area contributed by atoms with Crippen LogP contribution in [0.4, 0.5) is 5.69 Å². The Bertz CT molecular complexity index is 1280. The van der Waals surface area contributed by atoms with Crippen molar-refractivity contribution in [1.82, 2.24) is 9.55 Å². The van der Waals surface area contributed by atoms with Gasteiger partial charge in [-0.25, -0.2) is 9.78 Å². The lowest BCUT2D eigenvalue weighted by atomic mass is 10.1. The molecule has 164 valence electrons. The molecule has 1 N–H and O–H groups in total. The Morgan fingerprint density at radius 2 is 1.94 bits per heavy atom. The number of nitrogens with one attached hydrogen (secondary N) is 1. The van der Waals surface area contributed by atoms with E-state index in [1.54, 1.807) is 34.9 Å². The monoisotopic (exact) mass is 435 g/mol. The van der Waals surface area contributed by atoms with Gasteiger partial charge in [0, 0.05) is 24.7 Å². The van der Waals surface area contributed by atoms with E-state index in [2.05, 4.69) is 10.3 Å². The average molecular weight is 435 g/mol. The Morgan fingerprint density at radius 1 is 1.06 bits per heavy atom. The number of anilines is 1. The second-order valence-corrected chi connectivity index (χ2v) is 7.72. The number of amides is 1. The Labute approximate surface area is 182 Å². The van der Waals surface area contributed by atoms with Crippen molar-refractivity contribution in [3.63, 3.8) is 0 Å². The molecule has 0 unspecified atom stereocenters. The van der Waals surface area contributed by atoms with E-state index >= 15 is 0 Å². The minimum Gasteiger partial charge on any atom is -0.454 e. The molecule has 0 fully saturated rings. The lowest BCUT2D eigenvalue weighted by molar-refractivity contribution is -0.119. The SMILES string of the molecule is O=C(COC(=O)c1ccc2c(=O)n3c(nc2c1)CCCCC3)Nc1ccc2c(c1)OCO2. The second-order valence-electron chi connectivity index (χ2n) is 7.72. The number of rotatable bonds is 4. The summed E-state index contributed by atoms with van der Waals surface area (Å²) in [6.45, 7) is 0.352. The molecule has 3 aromatic rings. The number of hydrogen-bond acceptors (Lipinski definition) is 7. The first-order valence-electron chi connectivity index (χ1n) is 10.5. The number of carbonyl (C=O) groups excluding carboxylic acids is 2. The quantitative estimate of drug-likeness (QED) is 0.628. The summed E-state index contributed by atoms with van der Waals surface area (Å²) in [7, 11) is 0. The van der Waals surface area contributed by atoms with E-state index in [1.807, 2.05) is 0 Å². The molecule has 0 saturated carbocycles. The van der Waals surface area contributed by atoms with Crippen LogP contribution in [0.5, 0.6) is 11.5 Å². The Kier molecular flexibility index (Phi) is 5.22. The fourth-order valence-electron chi connectivity index (χ4n) is 3.93. The van der Waals surface area contributed by atoms with Crippen molar-refractivity contribution in [1.29, 1.82) is 0 Å². The lowest BCUT2D eigenvalue weighted by Crippen LogP contribution is -2.25. The summed E-state index contributed by atoms with van der Waals surface area (Å²) >= 11 is 0. The van der Waals surface area contributed by atoms with Crippen molar-refractivity contribution < 1.29 is 23.8 Å². The zero-order chi connectivity index (χ0) is 22.1. The highest BCUT2D eigenvalue weighted by Gasteiger charge is 2.17. The first-order chi connectivity index (χ1) is 15.6. The number of aromatic nitrogens is 2. The van der Waals surface area contributed by atoms with Crippen LogP contribution in [0.3, 0.4) is 0 Å². The van der Waals surface area contributed by atoms with Gasteiger partial charge in [0.2, 0.25) is 6.79 Å². The van der Waals surface area contributed by atoms with Crippen LogP contribution in [0.25, 0.3) is 10.9 Å². The smallest absolute Gasteiger partial charge is 0.338 e. The van der Waals surface area contributed by atoms with Gasteiger partial charge in [-0.1, -0.05) is 6.42 Å². The fourth-order valence-corrected chi connectivity index (χ4v) is 3.93. The van der Waals surface area contributed by atoms with E-state index in [-0.39, 0.29) is 17.9 Å². The zero-order valence-electron chi connectivity index (χ0n) is 17.3. The van der Waals surface area contributed by atoms with Crippen molar-refractivity contribution in [3.05, 3.63) is 58.1 Å². The maximum Gasteiger partial charge on any atom is 0.338 e. The van der Waals surface area contributed by atoms with E-state index in [4.69, 9.17) is 14.2 Å². The Morgan fingerprint density at radius 3 is 2.84 bits per heavy atom. The first-order valence-corrected chi connectivity index (χ1v) is 10.5. The second kappa shape index (κ2) is 8.33. The van der Waals surface area contributed by atoms with Crippen LogP contribution in [0.2, 0.25) is 0 Å². The van der Waals surface area contributed by atoms with Crippen LogP contribution >= 0.6 is 0 Å². The van der Waals surface area contributed by atoms with E-state index < -0.39 is 18.5 Å². The minimum atomic E-state index is -0.662. The van der Waals surface area contributed by atoms with Gasteiger partial charge >= 0.3 is 5.97 Å². The summed E-state index contributed by atoms with van der Waals surface area (Å²) in [5.74, 6) is 0.742. The summed E-state index contributed by atoms with van der Waals surface area (Å²) < 4.78 is 17.4. The number of carbonyl (C=O) groups is 2. The number of hydrogen-bond donors (Lipinski definition) is 1. The molecule has 5 rings (SSSR count). The molecule has 0 aliphatic carbocycles. The normalized spacial score (nSPS) is 14.5. The number of aryl methyl sites for hydroxylation is 1. The summed E-state index contributed by atoms with van der Waals surface area (Å²) in [5, 5.41) is 3.11. The first kappa shape index (κ1) is 20.0. The number of esters is 1. The van der Waals surface area contributed by atoms with Gasteiger partial charge in [0.25, 0.3) is 11.5 Å². The van der Waals surface area contributed by atoms with Gasteiger partial charge < -0.3 is 19.5 Å². The molecule has 2 aliphatic rings. The Hall–Kier alpha value is -3.88. The molecule has 0 bridgehead atoms. The number of nitrogens with zero attached hydrogens (tertiary/aromatic N) is 2. The largest absolute Gasteiger partial charge is 0.454 e. The topological polar surface area (TPSA) is 109 Å². The molecule has 32 heavy (non-hydrogen) atoms. The minimum absolute atomic E-state index is 0.0880. The zero-order valence-corrected chi connectivity index (χ0v) is 17.3. The van der Waals surface area contributed by atoms with E-state index in [9.17, 15) is 14.4 Å².